The van der Waals surface area contributed by atoms with Gasteiger partial charge in [-0.25, -0.2) is 0 Å². The Kier molecular flexibility index (Phi) is 9.04. The Morgan fingerprint density at radius 1 is 0.889 bits per heavy atom. The van der Waals surface area contributed by atoms with Gasteiger partial charge in [0.05, 0.1) is 0 Å². The van der Waals surface area contributed by atoms with Crippen molar-refractivity contribution in [2.24, 2.45) is 0 Å². The van der Waals surface area contributed by atoms with Gasteiger partial charge in [-0.2, -0.15) is 0 Å². The van der Waals surface area contributed by atoms with E-state index in [9.17, 15) is 0 Å². The molecule has 0 aliphatic rings. The van der Waals surface area contributed by atoms with Crippen LogP contribution in [0.3, 0.4) is 0 Å². The molecule has 2 radical (unpaired) electrons. The molecule has 52 valence electrons. The van der Waals surface area contributed by atoms with Crippen molar-refractivity contribution in [1.29, 1.82) is 0 Å². The average molecular weight is 140 g/mol. The van der Waals surface area contributed by atoms with Crippen LogP contribution >= 0.6 is 0 Å². The zero-order chi connectivity index (χ0) is 6.95. The third-order valence-electron chi connectivity index (χ3n) is 1.56. The summed E-state index contributed by atoms with van der Waals surface area (Å²) in [6, 6.07) is 0. The summed E-state index contributed by atoms with van der Waals surface area (Å²) in [5, 5.41) is 1.28. The van der Waals surface area contributed by atoms with Crippen molar-refractivity contribution in [3.8, 4) is 0 Å². The van der Waals surface area contributed by atoms with E-state index in [1.54, 1.807) is 0 Å². The van der Waals surface area contributed by atoms with E-state index in [2.05, 4.69) is 23.2 Å². The van der Waals surface area contributed by atoms with Crippen LogP contribution in [0, 0.1) is 0 Å². The minimum Gasteiger partial charge on any atom is -0.118 e. The maximum atomic E-state index is 2.78. The van der Waals surface area contributed by atoms with E-state index in [4.69, 9.17) is 0 Å². The van der Waals surface area contributed by atoms with Crippen LogP contribution in [0.1, 0.15) is 45.4 Å². The lowest BCUT2D eigenvalue weighted by Crippen LogP contribution is -1.77. The second kappa shape index (κ2) is 8.53. The highest BCUT2D eigenvalue weighted by molar-refractivity contribution is 6.08. The first-order valence-corrected chi connectivity index (χ1v) is 4.93. The summed E-state index contributed by atoms with van der Waals surface area (Å²) >= 11 is 2.78. The van der Waals surface area contributed by atoms with Crippen LogP contribution in [0.15, 0.2) is 0 Å². The molecule has 0 aliphatic heterocycles. The third-order valence-corrected chi connectivity index (χ3v) is 1.97. The molecule has 1 heteroatoms. The van der Waals surface area contributed by atoms with Crippen molar-refractivity contribution in [1.82, 2.24) is 0 Å². The molecule has 0 aromatic rings. The fraction of sp³-hybridized carbons (Fsp3) is 1.00. The summed E-state index contributed by atoms with van der Waals surface area (Å²) in [7, 11) is 0. The molecule has 0 heterocycles. The van der Waals surface area contributed by atoms with Crippen LogP contribution in [0.2, 0.25) is 5.28 Å². The van der Waals surface area contributed by atoms with E-state index in [1.807, 2.05) is 0 Å². The van der Waals surface area contributed by atoms with Crippen LogP contribution in [0.25, 0.3) is 0 Å². The van der Waals surface area contributed by atoms with Crippen LogP contribution in [0.4, 0.5) is 0 Å². The van der Waals surface area contributed by atoms with Gasteiger partial charge in [-0.1, -0.05) is 45.4 Å². The summed E-state index contributed by atoms with van der Waals surface area (Å²) in [4.78, 5) is 0. The maximum Gasteiger partial charge on any atom is 0.118 e. The molecule has 0 saturated heterocycles. The molecule has 0 rings (SSSR count). The Balaban J connectivity index is 2.60. The molecule has 0 aromatic heterocycles. The fourth-order valence-electron chi connectivity index (χ4n) is 0.925. The monoisotopic (exact) mass is 140 g/mol. The van der Waals surface area contributed by atoms with Gasteiger partial charge in [0.2, 0.25) is 0 Å². The highest BCUT2D eigenvalue weighted by atomic mass is 27.0. The molecule has 0 amide bonds. The summed E-state index contributed by atoms with van der Waals surface area (Å²) in [5.74, 6) is 0. The Morgan fingerprint density at radius 3 is 2.00 bits per heavy atom. The van der Waals surface area contributed by atoms with Crippen molar-refractivity contribution < 1.29 is 0 Å². The van der Waals surface area contributed by atoms with Gasteiger partial charge in [-0.3, -0.25) is 0 Å². The minimum absolute atomic E-state index is 1.28. The van der Waals surface area contributed by atoms with Gasteiger partial charge < -0.3 is 0 Å². The smallest absolute Gasteiger partial charge is 0.118 e. The standard InChI is InChI=1S/C8H17.Al/c1-3-5-7-8-6-4-2;/h1,3-8H2,2H3;. The molecule has 9 heavy (non-hydrogen) atoms. The number of hydrogen-bond donors (Lipinski definition) is 0. The highest BCUT2D eigenvalue weighted by Gasteiger charge is 1.85. The summed E-state index contributed by atoms with van der Waals surface area (Å²) in [6.45, 7) is 2.26. The van der Waals surface area contributed by atoms with Gasteiger partial charge in [-0.15, -0.1) is 5.28 Å². The van der Waals surface area contributed by atoms with E-state index in [0.717, 1.165) is 0 Å². The molecule has 0 nitrogen and oxygen atoms in total. The topological polar surface area (TPSA) is 0 Å². The summed E-state index contributed by atoms with van der Waals surface area (Å²) in [6.07, 6.45) is 8.51. The first-order chi connectivity index (χ1) is 4.41. The Morgan fingerprint density at radius 2 is 1.44 bits per heavy atom. The highest BCUT2D eigenvalue weighted by Crippen LogP contribution is 2.05. The molecule has 0 aromatic carbocycles. The lowest BCUT2D eigenvalue weighted by molar-refractivity contribution is 0.624. The quantitative estimate of drug-likeness (QED) is 0.393. The lowest BCUT2D eigenvalue weighted by atomic mass is 10.1. The number of rotatable bonds is 6. The molecule has 0 atom stereocenters. The molecular weight excluding hydrogens is 123 g/mol. The van der Waals surface area contributed by atoms with Crippen molar-refractivity contribution in [2.75, 3.05) is 0 Å². The Hall–Kier alpha value is 0.532. The Labute approximate surface area is 67.5 Å². The number of hydrogen-bond acceptors (Lipinski definition) is 0. The van der Waals surface area contributed by atoms with Crippen LogP contribution < -0.4 is 0 Å². The molecule has 0 bridgehead atoms. The van der Waals surface area contributed by atoms with Crippen molar-refractivity contribution in [2.45, 2.75) is 50.7 Å². The zero-order valence-corrected chi connectivity index (χ0v) is 7.68. The van der Waals surface area contributed by atoms with E-state index in [-0.39, 0.29) is 0 Å². The normalized spacial score (nSPS) is 9.89. The summed E-state index contributed by atoms with van der Waals surface area (Å²) in [5.41, 5.74) is 0. The molecule has 0 fully saturated rings. The zero-order valence-electron chi connectivity index (χ0n) is 6.53. The molecule has 0 spiro atoms. The molecule has 0 saturated carbocycles. The van der Waals surface area contributed by atoms with Gasteiger partial charge >= 0.3 is 0 Å². The molecule has 0 N–H and O–H groups in total. The van der Waals surface area contributed by atoms with E-state index < -0.39 is 0 Å². The first kappa shape index (κ1) is 9.53. The molecule has 0 aliphatic carbocycles. The molecular formula is C8H17Al. The van der Waals surface area contributed by atoms with Gasteiger partial charge in [0.1, 0.15) is 16.3 Å². The van der Waals surface area contributed by atoms with E-state index in [1.165, 1.54) is 43.8 Å². The third kappa shape index (κ3) is 8.53. The average Bonchev–Trinajstić information content (AvgIpc) is 1.89. The van der Waals surface area contributed by atoms with Gasteiger partial charge in [0.25, 0.3) is 0 Å². The lowest BCUT2D eigenvalue weighted by Gasteiger charge is -1.96. The maximum absolute atomic E-state index is 2.78. The second-order valence-corrected chi connectivity index (χ2v) is 3.13. The fourth-order valence-corrected chi connectivity index (χ4v) is 1.21. The van der Waals surface area contributed by atoms with E-state index in [0.29, 0.717) is 0 Å². The predicted molar refractivity (Wildman–Crippen MR) is 43.9 cm³/mol. The number of unbranched alkanes of at least 4 members (excludes halogenated alkanes) is 5. The second-order valence-electron chi connectivity index (χ2n) is 2.56. The minimum atomic E-state index is 1.28. The van der Waals surface area contributed by atoms with Gasteiger partial charge in [0.15, 0.2) is 0 Å². The van der Waals surface area contributed by atoms with Crippen LogP contribution in [0.5, 0.6) is 0 Å². The van der Waals surface area contributed by atoms with E-state index >= 15 is 0 Å². The predicted octanol–water partition coefficient (Wildman–Crippen LogP) is 2.93. The van der Waals surface area contributed by atoms with Gasteiger partial charge in [0, 0.05) is 0 Å². The molecule has 0 unspecified atom stereocenters. The van der Waals surface area contributed by atoms with Crippen LogP contribution in [-0.4, -0.2) is 16.3 Å². The van der Waals surface area contributed by atoms with Crippen LogP contribution in [-0.2, 0) is 0 Å². The largest absolute Gasteiger partial charge is 0.118 e. The van der Waals surface area contributed by atoms with Crippen molar-refractivity contribution in [3.05, 3.63) is 0 Å². The first-order valence-electron chi connectivity index (χ1n) is 4.12. The van der Waals surface area contributed by atoms with Gasteiger partial charge in [-0.05, 0) is 0 Å². The summed E-state index contributed by atoms with van der Waals surface area (Å²) < 4.78 is 0. The Bertz CT molecular complexity index is 37.8. The van der Waals surface area contributed by atoms with Crippen molar-refractivity contribution >= 4 is 16.3 Å². The SMILES string of the molecule is CCCCCCC[CH2][Al]. The van der Waals surface area contributed by atoms with Crippen molar-refractivity contribution in [3.63, 3.8) is 0 Å².